The fraction of sp³-hybridized carbons (Fsp3) is 0.0769. The van der Waals surface area contributed by atoms with E-state index >= 15 is 0 Å². The van der Waals surface area contributed by atoms with Gasteiger partial charge in [0.15, 0.2) is 0 Å². The van der Waals surface area contributed by atoms with Crippen LogP contribution < -0.4 is 15.6 Å². The molecule has 0 fully saturated rings. The van der Waals surface area contributed by atoms with Crippen molar-refractivity contribution in [2.75, 3.05) is 18.0 Å². The van der Waals surface area contributed by atoms with Gasteiger partial charge in [0.2, 0.25) is 0 Å². The van der Waals surface area contributed by atoms with Gasteiger partial charge < -0.3 is 15.6 Å². The number of nitrogens with one attached hydrogen (secondary N) is 2. The summed E-state index contributed by atoms with van der Waals surface area (Å²) in [5, 5.41) is 0. The molecule has 0 amide bonds. The third-order valence-corrected chi connectivity index (χ3v) is 2.21. The van der Waals surface area contributed by atoms with Crippen LogP contribution in [-0.2, 0) is 19.5 Å². The number of ether oxygens (including phenoxy) is 1. The molecule has 3 nitrogen and oxygen atoms in total. The predicted octanol–water partition coefficient (Wildman–Crippen LogP) is 3.13. The van der Waals surface area contributed by atoms with Crippen molar-refractivity contribution in [2.24, 2.45) is 0 Å². The summed E-state index contributed by atoms with van der Waals surface area (Å²) in [6, 6.07) is 17.7. The fourth-order valence-corrected chi connectivity index (χ4v) is 1.34. The number of anilines is 2. The van der Waals surface area contributed by atoms with Crippen molar-refractivity contribution < 1.29 is 24.2 Å². The molecule has 0 heterocycles. The van der Waals surface area contributed by atoms with Gasteiger partial charge in [-0.2, -0.15) is 0 Å². The van der Waals surface area contributed by atoms with Gasteiger partial charge in [0.1, 0.15) is 5.75 Å². The first-order valence-corrected chi connectivity index (χ1v) is 5.09. The fourth-order valence-electron chi connectivity index (χ4n) is 1.34. The normalized spacial score (nSPS) is 9.00. The van der Waals surface area contributed by atoms with Crippen molar-refractivity contribution >= 4 is 11.4 Å². The van der Waals surface area contributed by atoms with E-state index in [1.165, 1.54) is 0 Å². The van der Waals surface area contributed by atoms with E-state index in [2.05, 4.69) is 10.9 Å². The van der Waals surface area contributed by atoms with Crippen LogP contribution in [0, 0.1) is 0 Å². The zero-order valence-corrected chi connectivity index (χ0v) is 12.8. The van der Waals surface area contributed by atoms with Crippen LogP contribution >= 0.6 is 0 Å². The molecule has 0 aliphatic rings. The number of para-hydroxylation sites is 1. The summed E-state index contributed by atoms with van der Waals surface area (Å²) >= 11 is 0. The summed E-state index contributed by atoms with van der Waals surface area (Å²) in [5.41, 5.74) is 8.23. The van der Waals surface area contributed by atoms with E-state index in [9.17, 15) is 0 Å². The second-order valence-corrected chi connectivity index (χ2v) is 3.34. The number of rotatable bonds is 4. The third-order valence-electron chi connectivity index (χ3n) is 2.21. The van der Waals surface area contributed by atoms with E-state index in [1.807, 2.05) is 54.6 Å². The molecular formula is C13H14N2OZn. The topological polar surface area (TPSA) is 33.3 Å². The van der Waals surface area contributed by atoms with Crippen LogP contribution in [0.25, 0.3) is 0 Å². The Morgan fingerprint density at radius 2 is 1.29 bits per heavy atom. The minimum absolute atomic E-state index is 0. The molecule has 0 aliphatic carbocycles. The van der Waals surface area contributed by atoms with Gasteiger partial charge in [0.05, 0.1) is 18.5 Å². The molecule has 4 heteroatoms. The summed E-state index contributed by atoms with van der Waals surface area (Å²) in [6.45, 7) is 0. The van der Waals surface area contributed by atoms with Crippen molar-refractivity contribution in [1.29, 1.82) is 0 Å². The molecule has 17 heavy (non-hydrogen) atoms. The first-order chi connectivity index (χ1) is 7.88. The summed E-state index contributed by atoms with van der Waals surface area (Å²) in [7, 11) is 1.66. The van der Waals surface area contributed by atoms with E-state index in [-0.39, 0.29) is 19.5 Å². The summed E-state index contributed by atoms with van der Waals surface area (Å²) in [6.07, 6.45) is 0. The minimum atomic E-state index is 0. The van der Waals surface area contributed by atoms with Gasteiger partial charge in [0.25, 0.3) is 0 Å². The van der Waals surface area contributed by atoms with Gasteiger partial charge in [-0.1, -0.05) is 18.2 Å². The second-order valence-electron chi connectivity index (χ2n) is 3.34. The molecule has 0 atom stereocenters. The van der Waals surface area contributed by atoms with Crippen molar-refractivity contribution in [3.05, 3.63) is 54.6 Å². The number of hydrogen-bond acceptors (Lipinski definition) is 3. The van der Waals surface area contributed by atoms with Gasteiger partial charge in [-0.15, -0.1) is 0 Å². The first-order valence-electron chi connectivity index (χ1n) is 5.09. The zero-order valence-electron chi connectivity index (χ0n) is 9.81. The van der Waals surface area contributed by atoms with Gasteiger partial charge in [-0.3, -0.25) is 0 Å². The largest absolute Gasteiger partial charge is 0.497 e. The van der Waals surface area contributed by atoms with E-state index in [0.29, 0.717) is 0 Å². The van der Waals surface area contributed by atoms with Gasteiger partial charge in [0, 0.05) is 19.5 Å². The Hall–Kier alpha value is -1.54. The van der Waals surface area contributed by atoms with Gasteiger partial charge >= 0.3 is 0 Å². The Bertz CT molecular complexity index is 431. The molecule has 2 aromatic carbocycles. The van der Waals surface area contributed by atoms with E-state index in [0.717, 1.165) is 17.1 Å². The molecule has 2 N–H and O–H groups in total. The average Bonchev–Trinajstić information content (AvgIpc) is 2.38. The first kappa shape index (κ1) is 13.5. The summed E-state index contributed by atoms with van der Waals surface area (Å²) < 4.78 is 5.08. The van der Waals surface area contributed by atoms with Gasteiger partial charge in [-0.25, -0.2) is 0 Å². The quantitative estimate of drug-likeness (QED) is 0.666. The van der Waals surface area contributed by atoms with Crippen molar-refractivity contribution in [1.82, 2.24) is 0 Å². The monoisotopic (exact) mass is 278 g/mol. The van der Waals surface area contributed by atoms with Crippen LogP contribution in [0.15, 0.2) is 54.6 Å². The molecule has 0 saturated carbocycles. The number of hydrogen-bond donors (Lipinski definition) is 2. The van der Waals surface area contributed by atoms with Crippen LogP contribution in [0.3, 0.4) is 0 Å². The van der Waals surface area contributed by atoms with Crippen LogP contribution in [0.1, 0.15) is 0 Å². The molecule has 0 unspecified atom stereocenters. The van der Waals surface area contributed by atoms with Crippen LogP contribution in [-0.4, -0.2) is 7.11 Å². The molecule has 0 saturated heterocycles. The SMILES string of the molecule is COc1ccc(NNc2ccccc2)cc1.[Zn]. The predicted molar refractivity (Wildman–Crippen MR) is 66.7 cm³/mol. The van der Waals surface area contributed by atoms with Gasteiger partial charge in [-0.05, 0) is 36.4 Å². The Morgan fingerprint density at radius 3 is 1.82 bits per heavy atom. The van der Waals surface area contributed by atoms with E-state index < -0.39 is 0 Å². The zero-order chi connectivity index (χ0) is 11.2. The number of hydrazine groups is 1. The molecular weight excluding hydrogens is 266 g/mol. The van der Waals surface area contributed by atoms with Crippen molar-refractivity contribution in [2.45, 2.75) is 0 Å². The third kappa shape index (κ3) is 4.08. The van der Waals surface area contributed by atoms with Crippen LogP contribution in [0.4, 0.5) is 11.4 Å². The van der Waals surface area contributed by atoms with Crippen molar-refractivity contribution in [3.63, 3.8) is 0 Å². The standard InChI is InChI=1S/C13H14N2O.Zn/c1-16-13-9-7-12(8-10-13)15-14-11-5-3-2-4-6-11;/h2-10,14-15H,1H3;. The Balaban J connectivity index is 0.00000144. The molecule has 2 aromatic rings. The minimum Gasteiger partial charge on any atom is -0.497 e. The molecule has 0 radical (unpaired) electrons. The molecule has 0 aliphatic heterocycles. The van der Waals surface area contributed by atoms with E-state index in [1.54, 1.807) is 7.11 Å². The molecule has 0 spiro atoms. The molecule has 84 valence electrons. The molecule has 0 bridgehead atoms. The maximum atomic E-state index is 5.08. The number of methoxy groups -OCH3 is 1. The average molecular weight is 280 g/mol. The molecule has 0 aromatic heterocycles. The van der Waals surface area contributed by atoms with Crippen molar-refractivity contribution in [3.8, 4) is 5.75 Å². The summed E-state index contributed by atoms with van der Waals surface area (Å²) in [5.74, 6) is 0.852. The van der Waals surface area contributed by atoms with E-state index in [4.69, 9.17) is 4.74 Å². The van der Waals surface area contributed by atoms with Crippen LogP contribution in [0.2, 0.25) is 0 Å². The Labute approximate surface area is 114 Å². The second kappa shape index (κ2) is 6.92. The van der Waals surface area contributed by atoms with Crippen LogP contribution in [0.5, 0.6) is 5.75 Å². The maximum Gasteiger partial charge on any atom is 0.119 e. The smallest absolute Gasteiger partial charge is 0.119 e. The Kier molecular flexibility index (Phi) is 5.51. The summed E-state index contributed by atoms with van der Waals surface area (Å²) in [4.78, 5) is 0. The number of benzene rings is 2. The molecule has 2 rings (SSSR count). The Morgan fingerprint density at radius 1 is 0.765 bits per heavy atom. The maximum absolute atomic E-state index is 5.08.